The number of halogens is 1. The molecule has 0 aliphatic heterocycles. The lowest BCUT2D eigenvalue weighted by molar-refractivity contribution is -0.146. The van der Waals surface area contributed by atoms with Crippen LogP contribution in [-0.2, 0) is 14.9 Å². The summed E-state index contributed by atoms with van der Waals surface area (Å²) >= 11 is 3.40. The van der Waals surface area contributed by atoms with Crippen molar-refractivity contribution in [2.24, 2.45) is 0 Å². The molecule has 0 N–H and O–H groups in total. The molecule has 1 aromatic rings. The minimum atomic E-state index is -0.666. The van der Waals surface area contributed by atoms with Crippen molar-refractivity contribution < 1.29 is 9.53 Å². The monoisotopic (exact) mass is 282 g/mol. The van der Waals surface area contributed by atoms with Gasteiger partial charge in [-0.25, -0.2) is 0 Å². The quantitative estimate of drug-likeness (QED) is 0.625. The first kappa shape index (κ1) is 13.0. The van der Waals surface area contributed by atoms with Crippen LogP contribution in [0.2, 0.25) is 0 Å². The molecule has 1 rings (SSSR count). The number of hydrogen-bond donors (Lipinski definition) is 0. The van der Waals surface area contributed by atoms with Crippen molar-refractivity contribution in [2.45, 2.75) is 18.8 Å². The average Bonchev–Trinajstić information content (AvgIpc) is 2.28. The highest BCUT2D eigenvalue weighted by molar-refractivity contribution is 9.10. The molecule has 0 aliphatic rings. The van der Waals surface area contributed by atoms with Crippen molar-refractivity contribution in [1.29, 1.82) is 0 Å². The fourth-order valence-corrected chi connectivity index (χ4v) is 2.06. The Morgan fingerprint density at radius 2 is 2.31 bits per heavy atom. The van der Waals surface area contributed by atoms with Crippen molar-refractivity contribution in [3.8, 4) is 0 Å². The van der Waals surface area contributed by atoms with Crippen LogP contribution in [-0.4, -0.2) is 13.1 Å². The summed E-state index contributed by atoms with van der Waals surface area (Å²) in [5, 5.41) is 0. The number of allylic oxidation sites excluding steroid dienone is 1. The van der Waals surface area contributed by atoms with Gasteiger partial charge in [0, 0.05) is 4.47 Å². The predicted molar refractivity (Wildman–Crippen MR) is 68.3 cm³/mol. The molecule has 0 saturated heterocycles. The Kier molecular flexibility index (Phi) is 4.30. The Balaban J connectivity index is 3.20. The third-order valence-corrected chi connectivity index (χ3v) is 3.14. The lowest BCUT2D eigenvalue weighted by atomic mass is 9.79. The molecule has 0 bridgehead atoms. The van der Waals surface area contributed by atoms with E-state index in [-0.39, 0.29) is 5.97 Å². The second kappa shape index (κ2) is 5.30. The third kappa shape index (κ3) is 2.53. The zero-order valence-corrected chi connectivity index (χ0v) is 11.1. The van der Waals surface area contributed by atoms with Crippen LogP contribution in [0.5, 0.6) is 0 Å². The topological polar surface area (TPSA) is 26.3 Å². The summed E-state index contributed by atoms with van der Waals surface area (Å²) in [5.74, 6) is -0.245. The van der Waals surface area contributed by atoms with E-state index in [0.29, 0.717) is 6.42 Å². The smallest absolute Gasteiger partial charge is 0.316 e. The zero-order valence-electron chi connectivity index (χ0n) is 9.50. The van der Waals surface area contributed by atoms with Crippen molar-refractivity contribution in [2.75, 3.05) is 7.11 Å². The van der Waals surface area contributed by atoms with Gasteiger partial charge in [0.15, 0.2) is 0 Å². The van der Waals surface area contributed by atoms with Crippen molar-refractivity contribution in [3.05, 3.63) is 47.0 Å². The van der Waals surface area contributed by atoms with Crippen LogP contribution in [0.1, 0.15) is 18.9 Å². The Morgan fingerprint density at radius 1 is 1.62 bits per heavy atom. The molecule has 0 saturated carbocycles. The van der Waals surface area contributed by atoms with E-state index in [2.05, 4.69) is 22.5 Å². The van der Waals surface area contributed by atoms with Crippen LogP contribution in [0.15, 0.2) is 41.4 Å². The number of benzene rings is 1. The number of rotatable bonds is 4. The number of carbonyl (C=O) groups is 1. The summed E-state index contributed by atoms with van der Waals surface area (Å²) < 4.78 is 5.81. The largest absolute Gasteiger partial charge is 0.468 e. The van der Waals surface area contributed by atoms with E-state index in [1.54, 1.807) is 6.08 Å². The van der Waals surface area contributed by atoms with Crippen LogP contribution in [0.4, 0.5) is 0 Å². The molecule has 0 amide bonds. The van der Waals surface area contributed by atoms with Gasteiger partial charge in [-0.3, -0.25) is 4.79 Å². The normalized spacial score (nSPS) is 13.9. The summed E-state index contributed by atoms with van der Waals surface area (Å²) in [4.78, 5) is 11.9. The molecule has 1 unspecified atom stereocenters. The second-order valence-electron chi connectivity index (χ2n) is 3.83. The molecule has 0 radical (unpaired) electrons. The van der Waals surface area contributed by atoms with Gasteiger partial charge in [0.25, 0.3) is 0 Å². The molecule has 1 atom stereocenters. The van der Waals surface area contributed by atoms with E-state index >= 15 is 0 Å². The van der Waals surface area contributed by atoms with Crippen LogP contribution in [0, 0.1) is 0 Å². The van der Waals surface area contributed by atoms with E-state index in [1.807, 2.05) is 31.2 Å². The Bertz CT molecular complexity index is 401. The van der Waals surface area contributed by atoms with E-state index in [1.165, 1.54) is 7.11 Å². The van der Waals surface area contributed by atoms with Gasteiger partial charge < -0.3 is 4.74 Å². The van der Waals surface area contributed by atoms with Gasteiger partial charge in [-0.05, 0) is 31.0 Å². The van der Waals surface area contributed by atoms with Gasteiger partial charge in [0.1, 0.15) is 0 Å². The zero-order chi connectivity index (χ0) is 12.2. The molecule has 0 heterocycles. The molecular formula is C13H15BrO2. The van der Waals surface area contributed by atoms with Crippen LogP contribution < -0.4 is 0 Å². The highest BCUT2D eigenvalue weighted by Gasteiger charge is 2.35. The first-order valence-corrected chi connectivity index (χ1v) is 5.79. The van der Waals surface area contributed by atoms with Gasteiger partial charge >= 0.3 is 5.97 Å². The van der Waals surface area contributed by atoms with E-state index in [9.17, 15) is 4.79 Å². The molecule has 0 spiro atoms. The summed E-state index contributed by atoms with van der Waals surface area (Å²) in [6, 6.07) is 7.68. The van der Waals surface area contributed by atoms with Gasteiger partial charge in [0.2, 0.25) is 0 Å². The first-order chi connectivity index (χ1) is 7.54. The van der Waals surface area contributed by atoms with Gasteiger partial charge in [-0.2, -0.15) is 0 Å². The number of carbonyl (C=O) groups excluding carboxylic acids is 1. The summed E-state index contributed by atoms with van der Waals surface area (Å²) in [5.41, 5.74) is 0.258. The van der Waals surface area contributed by atoms with Crippen LogP contribution in [0.25, 0.3) is 0 Å². The number of esters is 1. The molecule has 0 aliphatic carbocycles. The van der Waals surface area contributed by atoms with Gasteiger partial charge in [-0.1, -0.05) is 34.1 Å². The summed E-state index contributed by atoms with van der Waals surface area (Å²) in [6.45, 7) is 5.55. The van der Waals surface area contributed by atoms with E-state index in [0.717, 1.165) is 10.0 Å². The second-order valence-corrected chi connectivity index (χ2v) is 4.74. The highest BCUT2D eigenvalue weighted by atomic mass is 79.9. The predicted octanol–water partition coefficient (Wildman–Crippen LogP) is 3.46. The van der Waals surface area contributed by atoms with Crippen LogP contribution in [0.3, 0.4) is 0 Å². The number of ether oxygens (including phenoxy) is 1. The lowest BCUT2D eigenvalue weighted by Crippen LogP contribution is -2.33. The number of methoxy groups -OCH3 is 1. The Labute approximate surface area is 104 Å². The maximum Gasteiger partial charge on any atom is 0.316 e. The maximum absolute atomic E-state index is 11.9. The molecule has 0 aromatic heterocycles. The third-order valence-electron chi connectivity index (χ3n) is 2.65. The van der Waals surface area contributed by atoms with E-state index < -0.39 is 5.41 Å². The van der Waals surface area contributed by atoms with Crippen molar-refractivity contribution in [1.82, 2.24) is 0 Å². The molecule has 0 fully saturated rings. The van der Waals surface area contributed by atoms with Crippen molar-refractivity contribution in [3.63, 3.8) is 0 Å². The van der Waals surface area contributed by atoms with E-state index in [4.69, 9.17) is 4.74 Å². The Morgan fingerprint density at radius 3 is 2.81 bits per heavy atom. The fraction of sp³-hybridized carbons (Fsp3) is 0.308. The highest BCUT2D eigenvalue weighted by Crippen LogP contribution is 2.31. The number of hydrogen-bond acceptors (Lipinski definition) is 2. The molecule has 3 heteroatoms. The Hall–Kier alpha value is -1.09. The molecule has 16 heavy (non-hydrogen) atoms. The first-order valence-electron chi connectivity index (χ1n) is 5.00. The van der Waals surface area contributed by atoms with Gasteiger partial charge in [0.05, 0.1) is 12.5 Å². The van der Waals surface area contributed by atoms with Gasteiger partial charge in [-0.15, -0.1) is 6.58 Å². The molecule has 1 aromatic carbocycles. The summed E-state index contributed by atoms with van der Waals surface area (Å²) in [7, 11) is 1.40. The maximum atomic E-state index is 11.9. The minimum Gasteiger partial charge on any atom is -0.468 e. The molecular weight excluding hydrogens is 268 g/mol. The fourth-order valence-electron chi connectivity index (χ4n) is 1.66. The summed E-state index contributed by atoms with van der Waals surface area (Å²) in [6.07, 6.45) is 2.29. The minimum absolute atomic E-state index is 0.245. The SMILES string of the molecule is C=CCC(C)(C(=O)OC)c1cccc(Br)c1. The standard InChI is InChI=1S/C13H15BrO2/c1-4-8-13(2,12(15)16-3)10-6-5-7-11(14)9-10/h4-7,9H,1,8H2,2-3H3. The van der Waals surface area contributed by atoms with Crippen LogP contribution >= 0.6 is 15.9 Å². The average molecular weight is 283 g/mol. The molecule has 2 nitrogen and oxygen atoms in total. The molecule has 86 valence electrons. The lowest BCUT2D eigenvalue weighted by Gasteiger charge is -2.26. The van der Waals surface area contributed by atoms with Crippen molar-refractivity contribution >= 4 is 21.9 Å².